The average Bonchev–Trinajstić information content (AvgIpc) is 3.11. The van der Waals surface area contributed by atoms with Gasteiger partial charge < -0.3 is 0 Å². The minimum atomic E-state index is 0.163. The molecule has 0 saturated heterocycles. The van der Waals surface area contributed by atoms with Gasteiger partial charge in [-0.1, -0.05) is 60.1 Å². The van der Waals surface area contributed by atoms with Crippen molar-refractivity contribution in [2.24, 2.45) is 4.99 Å². The molecule has 2 heteroatoms. The Morgan fingerprint density at radius 1 is 0.875 bits per heavy atom. The van der Waals surface area contributed by atoms with E-state index in [2.05, 4.69) is 17.1 Å². The Bertz CT molecular complexity index is 546. The van der Waals surface area contributed by atoms with Crippen LogP contribution in [0.4, 0.5) is 0 Å². The van der Waals surface area contributed by atoms with Gasteiger partial charge in [0.15, 0.2) is 0 Å². The Kier molecular flexibility index (Phi) is 2.26. The molecule has 3 rings (SSSR count). The third-order valence-electron chi connectivity index (χ3n) is 2.73. The van der Waals surface area contributed by atoms with Gasteiger partial charge >= 0.3 is 0 Å². The molecule has 1 aliphatic rings. The highest BCUT2D eigenvalue weighted by molar-refractivity contribution is 6.32. The zero-order valence-electron chi connectivity index (χ0n) is 8.60. The van der Waals surface area contributed by atoms with Crippen LogP contribution in [0.2, 0.25) is 5.02 Å². The molecule has 1 heterocycles. The first-order chi connectivity index (χ1) is 7.86. The lowest BCUT2D eigenvalue weighted by Gasteiger charge is -2.00. The minimum Gasteiger partial charge on any atom is -0.272 e. The Morgan fingerprint density at radius 2 is 1.56 bits per heavy atom. The van der Waals surface area contributed by atoms with Crippen molar-refractivity contribution in [1.82, 2.24) is 0 Å². The van der Waals surface area contributed by atoms with E-state index in [-0.39, 0.29) is 6.04 Å². The summed E-state index contributed by atoms with van der Waals surface area (Å²) in [7, 11) is 0. The number of aliphatic imine (C=N–C) groups is 1. The van der Waals surface area contributed by atoms with E-state index in [1.54, 1.807) is 0 Å². The largest absolute Gasteiger partial charge is 0.272 e. The number of rotatable bonds is 2. The molecule has 0 aromatic heterocycles. The van der Waals surface area contributed by atoms with Crippen molar-refractivity contribution in [3.05, 3.63) is 70.7 Å². The average molecular weight is 228 g/mol. The Labute approximate surface area is 99.4 Å². The maximum absolute atomic E-state index is 6.14. The molecule has 2 aromatic carbocycles. The molecule has 1 unspecified atom stereocenters. The van der Waals surface area contributed by atoms with E-state index in [0.29, 0.717) is 0 Å². The molecule has 0 aliphatic carbocycles. The first kappa shape index (κ1) is 9.61. The first-order valence-electron chi connectivity index (χ1n) is 5.24. The summed E-state index contributed by atoms with van der Waals surface area (Å²) in [5.41, 5.74) is 3.42. The third kappa shape index (κ3) is 1.63. The van der Waals surface area contributed by atoms with Gasteiger partial charge in [0.1, 0.15) is 6.04 Å². The van der Waals surface area contributed by atoms with E-state index < -0.39 is 0 Å². The quantitative estimate of drug-likeness (QED) is 0.738. The van der Waals surface area contributed by atoms with Gasteiger partial charge in [-0.05, 0) is 11.6 Å². The van der Waals surface area contributed by atoms with Gasteiger partial charge in [-0.2, -0.15) is 0 Å². The van der Waals surface area contributed by atoms with Gasteiger partial charge in [0, 0.05) is 10.6 Å². The lowest BCUT2D eigenvalue weighted by atomic mass is 10.0. The van der Waals surface area contributed by atoms with E-state index in [1.807, 2.05) is 42.5 Å². The first-order valence-corrected chi connectivity index (χ1v) is 5.61. The fourth-order valence-electron chi connectivity index (χ4n) is 1.86. The van der Waals surface area contributed by atoms with Crippen LogP contribution in [0.15, 0.2) is 59.6 Å². The number of halogens is 1. The fraction of sp³-hybridized carbons (Fsp3) is 0.0714. The van der Waals surface area contributed by atoms with Crippen molar-refractivity contribution in [3.8, 4) is 0 Å². The predicted octanol–water partition coefficient (Wildman–Crippen LogP) is 3.88. The van der Waals surface area contributed by atoms with Crippen molar-refractivity contribution < 1.29 is 0 Å². The van der Waals surface area contributed by atoms with Crippen LogP contribution in [0.25, 0.3) is 0 Å². The summed E-state index contributed by atoms with van der Waals surface area (Å²) in [6.45, 7) is 0. The summed E-state index contributed by atoms with van der Waals surface area (Å²) in [6, 6.07) is 18.3. The van der Waals surface area contributed by atoms with Crippen LogP contribution in [-0.2, 0) is 0 Å². The smallest absolute Gasteiger partial charge is 0.119 e. The summed E-state index contributed by atoms with van der Waals surface area (Å²) in [5.74, 6) is 0. The lowest BCUT2D eigenvalue weighted by Crippen LogP contribution is -1.93. The van der Waals surface area contributed by atoms with Crippen molar-refractivity contribution in [2.75, 3.05) is 0 Å². The number of hydrogen-bond donors (Lipinski definition) is 0. The highest BCUT2D eigenvalue weighted by atomic mass is 35.5. The van der Waals surface area contributed by atoms with E-state index in [1.165, 1.54) is 5.56 Å². The summed E-state index contributed by atoms with van der Waals surface area (Å²) in [4.78, 5) is 4.49. The van der Waals surface area contributed by atoms with Crippen LogP contribution >= 0.6 is 11.6 Å². The molecular weight excluding hydrogens is 218 g/mol. The zero-order chi connectivity index (χ0) is 11.0. The molecule has 0 spiro atoms. The zero-order valence-corrected chi connectivity index (χ0v) is 9.35. The summed E-state index contributed by atoms with van der Waals surface area (Å²) < 4.78 is 0. The van der Waals surface area contributed by atoms with Crippen LogP contribution in [-0.4, -0.2) is 5.71 Å². The normalized spacial score (nSPS) is 18.1. The second-order valence-corrected chi connectivity index (χ2v) is 4.21. The number of hydrogen-bond acceptors (Lipinski definition) is 1. The van der Waals surface area contributed by atoms with Gasteiger partial charge in [0.2, 0.25) is 0 Å². The highest BCUT2D eigenvalue weighted by Crippen LogP contribution is 2.38. The maximum Gasteiger partial charge on any atom is 0.119 e. The summed E-state index contributed by atoms with van der Waals surface area (Å²) >= 11 is 6.14. The molecule has 16 heavy (non-hydrogen) atoms. The van der Waals surface area contributed by atoms with Crippen molar-refractivity contribution >= 4 is 17.3 Å². The Hall–Kier alpha value is -1.60. The van der Waals surface area contributed by atoms with Crippen LogP contribution in [0, 0.1) is 0 Å². The molecule has 0 radical (unpaired) electrons. The van der Waals surface area contributed by atoms with Crippen LogP contribution in [0.1, 0.15) is 17.2 Å². The summed E-state index contributed by atoms with van der Waals surface area (Å²) in [6.07, 6.45) is 0. The standard InChI is InChI=1S/C14H10ClN/c15-12-9-5-4-8-11(12)14-13(16-14)10-6-2-1-3-7-10/h1-9,14H. The van der Waals surface area contributed by atoms with E-state index in [9.17, 15) is 0 Å². The van der Waals surface area contributed by atoms with Crippen molar-refractivity contribution in [1.29, 1.82) is 0 Å². The van der Waals surface area contributed by atoms with Crippen LogP contribution in [0.3, 0.4) is 0 Å². The van der Waals surface area contributed by atoms with Gasteiger partial charge in [-0.3, -0.25) is 4.99 Å². The molecular formula is C14H10ClN. The summed E-state index contributed by atoms with van der Waals surface area (Å²) in [5, 5.41) is 0.794. The number of benzene rings is 2. The van der Waals surface area contributed by atoms with Gasteiger partial charge in [-0.25, -0.2) is 0 Å². The molecule has 78 valence electrons. The molecule has 2 aromatic rings. The molecule has 1 aliphatic heterocycles. The van der Waals surface area contributed by atoms with Gasteiger partial charge in [0.05, 0.1) is 5.71 Å². The fourth-order valence-corrected chi connectivity index (χ4v) is 2.10. The van der Waals surface area contributed by atoms with E-state index in [0.717, 1.165) is 16.3 Å². The number of nitrogens with zero attached hydrogens (tertiary/aromatic N) is 1. The maximum atomic E-state index is 6.14. The minimum absolute atomic E-state index is 0.163. The topological polar surface area (TPSA) is 12.4 Å². The molecule has 0 amide bonds. The third-order valence-corrected chi connectivity index (χ3v) is 3.07. The van der Waals surface area contributed by atoms with Gasteiger partial charge in [0.25, 0.3) is 0 Å². The predicted molar refractivity (Wildman–Crippen MR) is 67.2 cm³/mol. The molecule has 1 nitrogen and oxygen atoms in total. The molecule has 0 bridgehead atoms. The molecule has 1 atom stereocenters. The highest BCUT2D eigenvalue weighted by Gasteiger charge is 2.31. The van der Waals surface area contributed by atoms with E-state index >= 15 is 0 Å². The van der Waals surface area contributed by atoms with Gasteiger partial charge in [-0.15, -0.1) is 0 Å². The van der Waals surface area contributed by atoms with Crippen molar-refractivity contribution in [2.45, 2.75) is 6.04 Å². The van der Waals surface area contributed by atoms with Crippen molar-refractivity contribution in [3.63, 3.8) is 0 Å². The second-order valence-electron chi connectivity index (χ2n) is 3.80. The Morgan fingerprint density at radius 3 is 2.31 bits per heavy atom. The lowest BCUT2D eigenvalue weighted by molar-refractivity contribution is 1.13. The monoisotopic (exact) mass is 227 g/mol. The molecule has 0 N–H and O–H groups in total. The molecule has 0 fully saturated rings. The van der Waals surface area contributed by atoms with Crippen LogP contribution in [0.5, 0.6) is 0 Å². The van der Waals surface area contributed by atoms with Crippen LogP contribution < -0.4 is 0 Å². The molecule has 0 saturated carbocycles. The van der Waals surface area contributed by atoms with E-state index in [4.69, 9.17) is 11.6 Å². The second kappa shape index (κ2) is 3.76. The SMILES string of the molecule is Clc1ccccc1C1N=C1c1ccccc1. The Balaban J connectivity index is 1.87.